The molecule has 2 nitrogen and oxygen atoms in total. The second-order valence-electron chi connectivity index (χ2n) is 2.76. The average Bonchev–Trinajstić information content (AvgIpc) is 2.24. The molecule has 0 heterocycles. The van der Waals surface area contributed by atoms with Crippen LogP contribution in [0.5, 0.6) is 0 Å². The summed E-state index contributed by atoms with van der Waals surface area (Å²) < 4.78 is 36.5. The lowest BCUT2D eigenvalue weighted by molar-refractivity contribution is -0.137. The maximum atomic E-state index is 12.2. The van der Waals surface area contributed by atoms with E-state index in [-0.39, 0.29) is 6.61 Å². The summed E-state index contributed by atoms with van der Waals surface area (Å²) in [7, 11) is 0. The van der Waals surface area contributed by atoms with Crippen LogP contribution in [0.1, 0.15) is 11.1 Å². The van der Waals surface area contributed by atoms with Crippen LogP contribution < -0.4 is 0 Å². The molecule has 1 radical (unpaired) electrons. The van der Waals surface area contributed by atoms with Crippen molar-refractivity contribution in [2.45, 2.75) is 6.18 Å². The molecule has 0 N–H and O–H groups in total. The Kier molecular flexibility index (Phi) is 3.95. The minimum absolute atomic E-state index is 0.00631. The Morgan fingerprint density at radius 1 is 1.25 bits per heavy atom. The lowest BCUT2D eigenvalue weighted by Gasteiger charge is -2.05. The number of rotatable bonds is 3. The molecule has 0 aromatic heterocycles. The molecular weight excluding hydrogens is 219 g/mol. The molecule has 0 fully saturated rings. The van der Waals surface area contributed by atoms with E-state index in [0.29, 0.717) is 5.56 Å². The van der Waals surface area contributed by atoms with E-state index in [0.717, 1.165) is 12.1 Å². The minimum atomic E-state index is -4.34. The molecule has 0 atom stereocenters. The first-order valence-electron chi connectivity index (χ1n) is 4.23. The third-order valence-electron chi connectivity index (χ3n) is 1.60. The van der Waals surface area contributed by atoms with Crippen LogP contribution in [0.25, 0.3) is 0 Å². The maximum absolute atomic E-state index is 12.2. The number of nitrogens with zero attached hydrogens (tertiary/aromatic N) is 1. The Hall–Kier alpha value is -1.96. The van der Waals surface area contributed by atoms with E-state index in [9.17, 15) is 13.2 Å². The molecular formula is C11H7F3NO. The molecule has 0 aliphatic heterocycles. The molecule has 0 saturated carbocycles. The molecule has 83 valence electrons. The van der Waals surface area contributed by atoms with Gasteiger partial charge in [-0.3, -0.25) is 0 Å². The highest BCUT2D eigenvalue weighted by atomic mass is 19.4. The van der Waals surface area contributed by atoms with Gasteiger partial charge in [-0.05, 0) is 12.1 Å². The largest absolute Gasteiger partial charge is 0.416 e. The van der Waals surface area contributed by atoms with Gasteiger partial charge in [0.2, 0.25) is 0 Å². The van der Waals surface area contributed by atoms with Gasteiger partial charge in [0.15, 0.2) is 6.61 Å². The lowest BCUT2D eigenvalue weighted by Crippen LogP contribution is -2.04. The first-order chi connectivity index (χ1) is 7.54. The van der Waals surface area contributed by atoms with Gasteiger partial charge in [-0.25, -0.2) is 0 Å². The number of alkyl halides is 3. The molecule has 16 heavy (non-hydrogen) atoms. The Labute approximate surface area is 90.7 Å². The van der Waals surface area contributed by atoms with Crippen LogP contribution in [0.15, 0.2) is 29.4 Å². The molecule has 1 aromatic carbocycles. The zero-order valence-corrected chi connectivity index (χ0v) is 8.08. The van der Waals surface area contributed by atoms with Gasteiger partial charge < -0.3 is 4.84 Å². The minimum Gasteiger partial charge on any atom is -0.382 e. The van der Waals surface area contributed by atoms with Crippen LogP contribution in [0.4, 0.5) is 13.2 Å². The zero-order chi connectivity index (χ0) is 12.0. The van der Waals surface area contributed by atoms with Crippen molar-refractivity contribution >= 4 is 6.21 Å². The molecule has 5 heteroatoms. The lowest BCUT2D eigenvalue weighted by atomic mass is 10.1. The van der Waals surface area contributed by atoms with Gasteiger partial charge in [0.25, 0.3) is 0 Å². The maximum Gasteiger partial charge on any atom is 0.416 e. The van der Waals surface area contributed by atoms with E-state index in [4.69, 9.17) is 6.42 Å². The van der Waals surface area contributed by atoms with E-state index in [1.807, 2.05) is 0 Å². The van der Waals surface area contributed by atoms with Crippen molar-refractivity contribution in [3.63, 3.8) is 0 Å². The highest BCUT2D eigenvalue weighted by Gasteiger charge is 2.29. The number of hydrogen-bond acceptors (Lipinski definition) is 2. The van der Waals surface area contributed by atoms with Gasteiger partial charge in [-0.15, -0.1) is 6.42 Å². The summed E-state index contributed by atoms with van der Waals surface area (Å²) in [6.07, 6.45) is 2.95. The van der Waals surface area contributed by atoms with E-state index < -0.39 is 11.7 Å². The molecule has 0 saturated heterocycles. The second-order valence-corrected chi connectivity index (χ2v) is 2.76. The van der Waals surface area contributed by atoms with Crippen molar-refractivity contribution in [1.82, 2.24) is 0 Å². The predicted octanol–water partition coefficient (Wildman–Crippen LogP) is 2.57. The van der Waals surface area contributed by atoms with E-state index >= 15 is 0 Å². The quantitative estimate of drug-likeness (QED) is 0.336. The number of halogens is 3. The molecule has 0 amide bonds. The van der Waals surface area contributed by atoms with E-state index in [1.165, 1.54) is 12.1 Å². The van der Waals surface area contributed by atoms with Crippen molar-refractivity contribution in [2.24, 2.45) is 5.16 Å². The standard InChI is InChI=1S/C11H7F3NO/c1-2-7-16-15-8-9-3-5-10(6-4-9)11(12,13)14/h1,3-6H,7H2. The van der Waals surface area contributed by atoms with Crippen molar-refractivity contribution in [3.8, 4) is 12.3 Å². The zero-order valence-electron chi connectivity index (χ0n) is 8.08. The molecule has 0 aliphatic rings. The summed E-state index contributed by atoms with van der Waals surface area (Å²) in [6, 6.07) is 4.37. The van der Waals surface area contributed by atoms with Crippen LogP contribution >= 0.6 is 0 Å². The summed E-state index contributed by atoms with van der Waals surface area (Å²) in [5, 5.41) is 3.35. The summed E-state index contributed by atoms with van der Waals surface area (Å²) in [4.78, 5) is 4.54. The molecule has 0 spiro atoms. The Morgan fingerprint density at radius 3 is 2.38 bits per heavy atom. The molecule has 0 bridgehead atoms. The number of hydrogen-bond donors (Lipinski definition) is 0. The SMILES string of the molecule is C#CCON=[C]c1ccc(C(F)(F)F)cc1. The summed E-state index contributed by atoms with van der Waals surface area (Å²) in [5.41, 5.74) is -0.340. The summed E-state index contributed by atoms with van der Waals surface area (Å²) in [5.74, 6) is 2.18. The molecule has 0 aliphatic carbocycles. The van der Waals surface area contributed by atoms with Gasteiger partial charge in [0.1, 0.15) is 6.21 Å². The van der Waals surface area contributed by atoms with Crippen LogP contribution in [-0.2, 0) is 11.0 Å². The molecule has 1 aromatic rings. The van der Waals surface area contributed by atoms with Crippen molar-refractivity contribution < 1.29 is 18.0 Å². The highest BCUT2D eigenvalue weighted by Crippen LogP contribution is 2.28. The normalized spacial score (nSPS) is 11.4. The Morgan fingerprint density at radius 2 is 1.88 bits per heavy atom. The number of terminal acetylenes is 1. The Bertz CT molecular complexity index is 401. The summed E-state index contributed by atoms with van der Waals surface area (Å²) in [6.45, 7) is -0.00631. The van der Waals surface area contributed by atoms with Crippen LogP contribution in [0.3, 0.4) is 0 Å². The van der Waals surface area contributed by atoms with E-state index in [1.54, 1.807) is 0 Å². The van der Waals surface area contributed by atoms with Gasteiger partial charge in [0, 0.05) is 5.56 Å². The first kappa shape index (κ1) is 12.1. The fraction of sp³-hybridized carbons (Fsp3) is 0.182. The third-order valence-corrected chi connectivity index (χ3v) is 1.60. The summed E-state index contributed by atoms with van der Waals surface area (Å²) >= 11 is 0. The smallest absolute Gasteiger partial charge is 0.382 e. The van der Waals surface area contributed by atoms with Crippen LogP contribution in [0.2, 0.25) is 0 Å². The van der Waals surface area contributed by atoms with Crippen LogP contribution in [0, 0.1) is 12.3 Å². The van der Waals surface area contributed by atoms with Crippen LogP contribution in [-0.4, -0.2) is 12.8 Å². The molecule has 1 rings (SSSR count). The molecule has 0 unspecified atom stereocenters. The second kappa shape index (κ2) is 5.21. The van der Waals surface area contributed by atoms with Gasteiger partial charge in [0.05, 0.1) is 5.56 Å². The number of benzene rings is 1. The third kappa shape index (κ3) is 3.65. The first-order valence-corrected chi connectivity index (χ1v) is 4.23. The fourth-order valence-electron chi connectivity index (χ4n) is 0.888. The van der Waals surface area contributed by atoms with Crippen molar-refractivity contribution in [1.29, 1.82) is 0 Å². The predicted molar refractivity (Wildman–Crippen MR) is 52.8 cm³/mol. The highest BCUT2D eigenvalue weighted by molar-refractivity contribution is 5.79. The average molecular weight is 226 g/mol. The topological polar surface area (TPSA) is 21.6 Å². The van der Waals surface area contributed by atoms with Gasteiger partial charge in [-0.2, -0.15) is 13.2 Å². The monoisotopic (exact) mass is 226 g/mol. The van der Waals surface area contributed by atoms with E-state index in [2.05, 4.69) is 22.1 Å². The van der Waals surface area contributed by atoms with Gasteiger partial charge >= 0.3 is 6.18 Å². The Balaban J connectivity index is 2.66. The fourth-order valence-corrected chi connectivity index (χ4v) is 0.888. The van der Waals surface area contributed by atoms with Crippen molar-refractivity contribution in [3.05, 3.63) is 35.4 Å². The van der Waals surface area contributed by atoms with Crippen molar-refractivity contribution in [2.75, 3.05) is 6.61 Å². The van der Waals surface area contributed by atoms with Gasteiger partial charge in [-0.1, -0.05) is 23.2 Å².